The van der Waals surface area contributed by atoms with Gasteiger partial charge < -0.3 is 21.1 Å². The number of para-hydroxylation sites is 1. The average Bonchev–Trinajstić information content (AvgIpc) is 2.50. The minimum Gasteiger partial charge on any atom is -0.491 e. The molecule has 0 unspecified atom stereocenters. The Morgan fingerprint density at radius 3 is 2.33 bits per heavy atom. The molecule has 136 valence electrons. The molecule has 0 heterocycles. The molecule has 0 aliphatic carbocycles. The van der Waals surface area contributed by atoms with Crippen LogP contribution < -0.4 is 21.1 Å². The van der Waals surface area contributed by atoms with Crippen LogP contribution in [0.4, 0.5) is 0 Å². The van der Waals surface area contributed by atoms with E-state index in [1.165, 1.54) is 0 Å². The summed E-state index contributed by atoms with van der Waals surface area (Å²) < 4.78 is 5.70. The molecule has 0 saturated heterocycles. The molecular formula is C17H28ClN3O3. The lowest BCUT2D eigenvalue weighted by molar-refractivity contribution is -0.127. The predicted octanol–water partition coefficient (Wildman–Crippen LogP) is 1.61. The molecule has 0 saturated carbocycles. The summed E-state index contributed by atoms with van der Waals surface area (Å²) in [6, 6.07) is 6.92. The number of nitrogens with one attached hydrogen (secondary N) is 2. The normalized spacial score (nSPS) is 11.6. The van der Waals surface area contributed by atoms with Gasteiger partial charge in [-0.05, 0) is 25.8 Å². The van der Waals surface area contributed by atoms with E-state index in [4.69, 9.17) is 10.5 Å². The van der Waals surface area contributed by atoms with Crippen LogP contribution in [0.3, 0.4) is 0 Å². The molecule has 0 aliphatic rings. The van der Waals surface area contributed by atoms with Crippen LogP contribution in [0.2, 0.25) is 0 Å². The number of carbonyl (C=O) groups is 2. The van der Waals surface area contributed by atoms with Crippen LogP contribution >= 0.6 is 12.4 Å². The van der Waals surface area contributed by atoms with Gasteiger partial charge in [-0.15, -0.1) is 12.4 Å². The standard InChI is InChI=1S/C17H27N3O3.ClH/c1-11(2)16(18)17(22)20-10-15(21)19-9-13-7-5-6-8-14(13)23-12(3)4;/h5-8,11-12,16H,9-10,18H2,1-4H3,(H,19,21)(H,20,22);1H/t16-;/m0./s1. The van der Waals surface area contributed by atoms with Crippen molar-refractivity contribution < 1.29 is 14.3 Å². The molecule has 0 radical (unpaired) electrons. The van der Waals surface area contributed by atoms with Crippen molar-refractivity contribution in [2.75, 3.05) is 6.54 Å². The minimum absolute atomic E-state index is 0. The van der Waals surface area contributed by atoms with E-state index in [9.17, 15) is 9.59 Å². The van der Waals surface area contributed by atoms with Crippen LogP contribution in [0.1, 0.15) is 33.3 Å². The largest absolute Gasteiger partial charge is 0.491 e. The fourth-order valence-electron chi connectivity index (χ4n) is 1.86. The van der Waals surface area contributed by atoms with Crippen molar-refractivity contribution in [3.8, 4) is 5.75 Å². The number of ether oxygens (including phenoxy) is 1. The Balaban J connectivity index is 0.00000529. The molecule has 0 bridgehead atoms. The lowest BCUT2D eigenvalue weighted by atomic mass is 10.1. The van der Waals surface area contributed by atoms with Crippen LogP contribution in [-0.2, 0) is 16.1 Å². The average molecular weight is 358 g/mol. The zero-order valence-electron chi connectivity index (χ0n) is 14.7. The summed E-state index contributed by atoms with van der Waals surface area (Å²) in [5.74, 6) is 0.180. The summed E-state index contributed by atoms with van der Waals surface area (Å²) in [5.41, 5.74) is 6.61. The van der Waals surface area contributed by atoms with Crippen molar-refractivity contribution in [2.24, 2.45) is 11.7 Å². The van der Waals surface area contributed by atoms with Crippen molar-refractivity contribution in [1.82, 2.24) is 10.6 Å². The molecule has 4 N–H and O–H groups in total. The van der Waals surface area contributed by atoms with E-state index < -0.39 is 6.04 Å². The van der Waals surface area contributed by atoms with Gasteiger partial charge in [0.05, 0.1) is 18.7 Å². The number of hydrogen-bond acceptors (Lipinski definition) is 4. The lowest BCUT2D eigenvalue weighted by Crippen LogP contribution is -2.47. The molecule has 1 atom stereocenters. The number of amides is 2. The molecule has 1 aromatic carbocycles. The second kappa shape index (κ2) is 10.9. The quantitative estimate of drug-likeness (QED) is 0.659. The monoisotopic (exact) mass is 357 g/mol. The Labute approximate surface area is 149 Å². The second-order valence-corrected chi connectivity index (χ2v) is 6.04. The third-order valence-corrected chi connectivity index (χ3v) is 3.26. The van der Waals surface area contributed by atoms with Crippen molar-refractivity contribution in [3.63, 3.8) is 0 Å². The summed E-state index contributed by atoms with van der Waals surface area (Å²) in [7, 11) is 0. The first-order valence-electron chi connectivity index (χ1n) is 7.85. The zero-order chi connectivity index (χ0) is 17.4. The van der Waals surface area contributed by atoms with Crippen LogP contribution in [0.15, 0.2) is 24.3 Å². The van der Waals surface area contributed by atoms with E-state index in [1.54, 1.807) is 0 Å². The minimum atomic E-state index is -0.608. The molecule has 24 heavy (non-hydrogen) atoms. The van der Waals surface area contributed by atoms with Gasteiger partial charge in [0.2, 0.25) is 11.8 Å². The molecule has 0 spiro atoms. The molecule has 0 aromatic heterocycles. The first-order chi connectivity index (χ1) is 10.8. The van der Waals surface area contributed by atoms with Gasteiger partial charge in [0.25, 0.3) is 0 Å². The van der Waals surface area contributed by atoms with Gasteiger partial charge >= 0.3 is 0 Å². The number of nitrogens with two attached hydrogens (primary N) is 1. The van der Waals surface area contributed by atoms with Crippen LogP contribution in [0.5, 0.6) is 5.75 Å². The Bertz CT molecular complexity index is 536. The predicted molar refractivity (Wildman–Crippen MR) is 97.1 cm³/mol. The van der Waals surface area contributed by atoms with Crippen LogP contribution in [-0.4, -0.2) is 30.5 Å². The van der Waals surface area contributed by atoms with Crippen molar-refractivity contribution in [3.05, 3.63) is 29.8 Å². The highest BCUT2D eigenvalue weighted by atomic mass is 35.5. The Kier molecular flexibility index (Phi) is 10.1. The molecule has 0 fully saturated rings. The van der Waals surface area contributed by atoms with Crippen molar-refractivity contribution in [2.45, 2.75) is 46.4 Å². The highest BCUT2D eigenvalue weighted by Crippen LogP contribution is 2.18. The van der Waals surface area contributed by atoms with E-state index in [0.29, 0.717) is 6.54 Å². The maximum absolute atomic E-state index is 11.8. The van der Waals surface area contributed by atoms with E-state index in [1.807, 2.05) is 52.0 Å². The maximum Gasteiger partial charge on any atom is 0.239 e. The van der Waals surface area contributed by atoms with Gasteiger partial charge in [0.1, 0.15) is 5.75 Å². The summed E-state index contributed by atoms with van der Waals surface area (Å²) in [4.78, 5) is 23.5. The fraction of sp³-hybridized carbons (Fsp3) is 0.529. The molecule has 1 aromatic rings. The van der Waals surface area contributed by atoms with Gasteiger partial charge in [-0.3, -0.25) is 9.59 Å². The first kappa shape index (κ1) is 22.2. The molecule has 6 nitrogen and oxygen atoms in total. The molecular weight excluding hydrogens is 330 g/mol. The highest BCUT2D eigenvalue weighted by molar-refractivity contribution is 5.87. The summed E-state index contributed by atoms with van der Waals surface area (Å²) >= 11 is 0. The number of rotatable bonds is 8. The van der Waals surface area contributed by atoms with Gasteiger partial charge in [-0.1, -0.05) is 32.0 Å². The third kappa shape index (κ3) is 7.66. The van der Waals surface area contributed by atoms with E-state index in [2.05, 4.69) is 10.6 Å². The van der Waals surface area contributed by atoms with E-state index in [0.717, 1.165) is 11.3 Å². The first-order valence-corrected chi connectivity index (χ1v) is 7.85. The molecule has 2 amide bonds. The summed E-state index contributed by atoms with van der Waals surface area (Å²) in [6.45, 7) is 7.86. The number of hydrogen-bond donors (Lipinski definition) is 3. The van der Waals surface area contributed by atoms with Crippen molar-refractivity contribution in [1.29, 1.82) is 0 Å². The lowest BCUT2D eigenvalue weighted by Gasteiger charge is -2.16. The SMILES string of the molecule is CC(C)Oc1ccccc1CNC(=O)CNC(=O)[C@@H](N)C(C)C.Cl. The second-order valence-electron chi connectivity index (χ2n) is 6.04. The van der Waals surface area contributed by atoms with E-state index >= 15 is 0 Å². The smallest absolute Gasteiger partial charge is 0.239 e. The number of carbonyl (C=O) groups excluding carboxylic acids is 2. The van der Waals surface area contributed by atoms with Crippen molar-refractivity contribution >= 4 is 24.2 Å². The summed E-state index contributed by atoms with van der Waals surface area (Å²) in [5, 5.41) is 5.30. The fourth-order valence-corrected chi connectivity index (χ4v) is 1.86. The highest BCUT2D eigenvalue weighted by Gasteiger charge is 2.17. The molecule has 7 heteroatoms. The summed E-state index contributed by atoms with van der Waals surface area (Å²) in [6.07, 6.45) is 0.0589. The molecule has 1 rings (SSSR count). The van der Waals surface area contributed by atoms with Gasteiger partial charge in [0, 0.05) is 12.1 Å². The van der Waals surface area contributed by atoms with Crippen LogP contribution in [0.25, 0.3) is 0 Å². The zero-order valence-corrected chi connectivity index (χ0v) is 15.5. The van der Waals surface area contributed by atoms with Gasteiger partial charge in [-0.25, -0.2) is 0 Å². The van der Waals surface area contributed by atoms with Gasteiger partial charge in [-0.2, -0.15) is 0 Å². The van der Waals surface area contributed by atoms with Gasteiger partial charge in [0.15, 0.2) is 0 Å². The van der Waals surface area contributed by atoms with E-state index in [-0.39, 0.29) is 42.8 Å². The molecule has 0 aliphatic heterocycles. The number of benzene rings is 1. The van der Waals surface area contributed by atoms with Crippen LogP contribution in [0, 0.1) is 5.92 Å². The number of halogens is 1. The third-order valence-electron chi connectivity index (χ3n) is 3.26. The Hall–Kier alpha value is -1.79. The Morgan fingerprint density at radius 2 is 1.75 bits per heavy atom. The Morgan fingerprint density at radius 1 is 1.12 bits per heavy atom. The topological polar surface area (TPSA) is 93.5 Å². The maximum atomic E-state index is 11.8.